The molecule has 1 heterocycles. The summed E-state index contributed by atoms with van der Waals surface area (Å²) >= 11 is 6.98. The molecule has 0 saturated carbocycles. The number of halogens is 1. The fourth-order valence-corrected chi connectivity index (χ4v) is 2.56. The van der Waals surface area contributed by atoms with Gasteiger partial charge in [0.05, 0.1) is 0 Å². The monoisotopic (exact) mass is 368 g/mol. The molecule has 0 aliphatic rings. The molecular weight excluding hydrogens is 356 g/mol. The molecule has 0 spiro atoms. The van der Waals surface area contributed by atoms with E-state index >= 15 is 0 Å². The van der Waals surface area contributed by atoms with E-state index in [0.29, 0.717) is 11.8 Å². The number of methoxy groups -OCH3 is 1. The Labute approximate surface area is 124 Å². The molecule has 0 aliphatic carbocycles. The Bertz CT molecular complexity index is 531. The number of nitrogens with zero attached hydrogens (tertiary/aromatic N) is 1. The fraction of sp³-hybridized carbons (Fsp3) is 0.154. The van der Waals surface area contributed by atoms with Gasteiger partial charge < -0.3 is 0 Å². The third-order valence-corrected chi connectivity index (χ3v) is 3.61. The first-order chi connectivity index (χ1) is 8.69. The Balaban J connectivity index is 2.02. The molecule has 0 N–H and O–H groups in total. The van der Waals surface area contributed by atoms with Gasteiger partial charge in [-0.2, -0.15) is 0 Å². The second-order valence-electron chi connectivity index (χ2n) is 3.62. The Morgan fingerprint density at radius 2 is 1.89 bits per heavy atom. The maximum absolute atomic E-state index is 5.80. The van der Waals surface area contributed by atoms with Crippen molar-refractivity contribution in [2.45, 2.75) is 6.61 Å². The number of hydrogen-bond acceptors (Lipinski definition) is 3. The molecule has 3 radical (unpaired) electrons. The third kappa shape index (κ3) is 3.52. The van der Waals surface area contributed by atoms with Gasteiger partial charge in [-0.15, -0.1) is 0 Å². The average molecular weight is 367 g/mol. The first kappa shape index (κ1) is 13.5. The van der Waals surface area contributed by atoms with Crippen molar-refractivity contribution in [3.05, 3.63) is 47.1 Å². The van der Waals surface area contributed by atoms with Gasteiger partial charge in [-0.25, -0.2) is 0 Å². The molecule has 0 saturated heterocycles. The molecule has 1 aromatic heterocycles. The van der Waals surface area contributed by atoms with Crippen molar-refractivity contribution in [3.8, 4) is 11.5 Å². The van der Waals surface area contributed by atoms with Gasteiger partial charge in [0, 0.05) is 0 Å². The predicted molar refractivity (Wildman–Crippen MR) is 72.0 cm³/mol. The molecule has 0 unspecified atom stereocenters. The van der Waals surface area contributed by atoms with E-state index in [1.807, 2.05) is 30.3 Å². The SMILES string of the molecule is COc1ccc(COc2ccc(Cl)n[c]2[Sn])cc1. The van der Waals surface area contributed by atoms with Gasteiger partial charge in [-0.05, 0) is 0 Å². The molecular formula is C13H11ClNO2Sn. The standard InChI is InChI=1S/C13H11ClNO2.Sn/c1-16-11-4-2-10(3-5-11)9-17-12-6-7-13(14)15-8-12;/h2-7H,9H2,1H3;. The van der Waals surface area contributed by atoms with E-state index in [0.717, 1.165) is 20.8 Å². The first-order valence-electron chi connectivity index (χ1n) is 5.33. The topological polar surface area (TPSA) is 31.4 Å². The number of pyridine rings is 1. The van der Waals surface area contributed by atoms with Gasteiger partial charge in [0.1, 0.15) is 0 Å². The van der Waals surface area contributed by atoms with Crippen molar-refractivity contribution >= 4 is 37.8 Å². The van der Waals surface area contributed by atoms with Crippen molar-refractivity contribution in [3.63, 3.8) is 0 Å². The van der Waals surface area contributed by atoms with Gasteiger partial charge in [0.2, 0.25) is 0 Å². The third-order valence-electron chi connectivity index (χ3n) is 2.38. The summed E-state index contributed by atoms with van der Waals surface area (Å²) in [4.78, 5) is 4.17. The van der Waals surface area contributed by atoms with Gasteiger partial charge in [-0.1, -0.05) is 0 Å². The van der Waals surface area contributed by atoms with Crippen molar-refractivity contribution in [1.29, 1.82) is 0 Å². The maximum atomic E-state index is 5.80. The molecule has 5 heteroatoms. The van der Waals surface area contributed by atoms with Crippen LogP contribution in [0.3, 0.4) is 0 Å². The van der Waals surface area contributed by atoms with Crippen LogP contribution in [0.15, 0.2) is 36.4 Å². The van der Waals surface area contributed by atoms with Crippen molar-refractivity contribution in [2.24, 2.45) is 0 Å². The Morgan fingerprint density at radius 1 is 1.17 bits per heavy atom. The van der Waals surface area contributed by atoms with Crippen LogP contribution in [0.25, 0.3) is 0 Å². The molecule has 2 rings (SSSR count). The summed E-state index contributed by atoms with van der Waals surface area (Å²) in [6.07, 6.45) is 0. The summed E-state index contributed by atoms with van der Waals surface area (Å²) in [5.41, 5.74) is 1.08. The average Bonchev–Trinajstić information content (AvgIpc) is 2.38. The van der Waals surface area contributed by atoms with Crippen LogP contribution in [0, 0.1) is 0 Å². The molecule has 0 bridgehead atoms. The number of ether oxygens (including phenoxy) is 2. The zero-order chi connectivity index (χ0) is 13.0. The van der Waals surface area contributed by atoms with Gasteiger partial charge in [-0.3, -0.25) is 0 Å². The fourth-order valence-electron chi connectivity index (χ4n) is 1.42. The van der Waals surface area contributed by atoms with Crippen LogP contribution in [-0.2, 0) is 6.61 Å². The van der Waals surface area contributed by atoms with Gasteiger partial charge >= 0.3 is 125 Å². The molecule has 3 nitrogen and oxygen atoms in total. The molecule has 18 heavy (non-hydrogen) atoms. The van der Waals surface area contributed by atoms with E-state index in [2.05, 4.69) is 4.98 Å². The van der Waals surface area contributed by atoms with Crippen molar-refractivity contribution < 1.29 is 9.47 Å². The van der Waals surface area contributed by atoms with E-state index in [4.69, 9.17) is 21.1 Å². The van der Waals surface area contributed by atoms with Crippen LogP contribution in [0.2, 0.25) is 5.15 Å². The van der Waals surface area contributed by atoms with Crippen LogP contribution in [0.5, 0.6) is 11.5 Å². The predicted octanol–water partition coefficient (Wildman–Crippen LogP) is 2.12. The zero-order valence-electron chi connectivity index (χ0n) is 9.81. The van der Waals surface area contributed by atoms with E-state index in [-0.39, 0.29) is 0 Å². The van der Waals surface area contributed by atoms with Crippen LogP contribution in [-0.4, -0.2) is 34.6 Å². The summed E-state index contributed by atoms with van der Waals surface area (Å²) in [6, 6.07) is 11.4. The van der Waals surface area contributed by atoms with Crippen LogP contribution >= 0.6 is 11.6 Å². The minimum atomic E-state index is 0.499. The summed E-state index contributed by atoms with van der Waals surface area (Å²) < 4.78 is 11.7. The molecule has 2 aromatic rings. The molecule has 91 valence electrons. The number of benzene rings is 1. The van der Waals surface area contributed by atoms with E-state index in [1.54, 1.807) is 13.2 Å². The van der Waals surface area contributed by atoms with Gasteiger partial charge in [0.15, 0.2) is 0 Å². The summed E-state index contributed by atoms with van der Waals surface area (Å²) in [7, 11) is 1.65. The molecule has 0 aliphatic heterocycles. The Hall–Kier alpha value is -0.941. The number of aromatic nitrogens is 1. The van der Waals surface area contributed by atoms with Crippen LogP contribution in [0.1, 0.15) is 5.56 Å². The number of rotatable bonds is 4. The summed E-state index contributed by atoms with van der Waals surface area (Å²) in [5, 5.41) is 0.499. The van der Waals surface area contributed by atoms with E-state index < -0.39 is 0 Å². The van der Waals surface area contributed by atoms with Crippen LogP contribution in [0.4, 0.5) is 0 Å². The molecule has 0 fully saturated rings. The first-order valence-corrected chi connectivity index (χ1v) is 7.13. The normalized spacial score (nSPS) is 10.2. The quantitative estimate of drug-likeness (QED) is 0.613. The second-order valence-corrected chi connectivity index (χ2v) is 5.36. The minimum absolute atomic E-state index is 0.499. The zero-order valence-corrected chi connectivity index (χ0v) is 13.4. The van der Waals surface area contributed by atoms with Crippen molar-refractivity contribution in [2.75, 3.05) is 7.11 Å². The molecule has 1 aromatic carbocycles. The van der Waals surface area contributed by atoms with Crippen molar-refractivity contribution in [1.82, 2.24) is 4.98 Å². The van der Waals surface area contributed by atoms with Gasteiger partial charge in [0.25, 0.3) is 0 Å². The second kappa shape index (κ2) is 6.29. The Kier molecular flexibility index (Phi) is 4.71. The van der Waals surface area contributed by atoms with E-state index in [9.17, 15) is 0 Å². The number of hydrogen-bond donors (Lipinski definition) is 0. The molecule has 0 amide bonds. The molecule has 0 atom stereocenters. The van der Waals surface area contributed by atoms with E-state index in [1.165, 1.54) is 22.5 Å². The van der Waals surface area contributed by atoms with Crippen LogP contribution < -0.4 is 13.2 Å². The Morgan fingerprint density at radius 3 is 2.50 bits per heavy atom. The summed E-state index contributed by atoms with van der Waals surface area (Å²) in [6.45, 7) is 0.509. The summed E-state index contributed by atoms with van der Waals surface area (Å²) in [5.74, 6) is 1.63.